The number of ether oxygens (including phenoxy) is 5. The third-order valence-corrected chi connectivity index (χ3v) is 7.03. The number of hydrogen-bond acceptors (Lipinski definition) is 10. The van der Waals surface area contributed by atoms with Crippen molar-refractivity contribution in [2.75, 3.05) is 7.11 Å². The molecule has 11 heteroatoms. The smallest absolute Gasteiger partial charge is 0.339 e. The van der Waals surface area contributed by atoms with Crippen molar-refractivity contribution in [1.29, 1.82) is 0 Å². The van der Waals surface area contributed by atoms with Gasteiger partial charge in [-0.15, -0.1) is 11.6 Å². The van der Waals surface area contributed by atoms with Crippen LogP contribution in [0.25, 0.3) is 0 Å². The second kappa shape index (κ2) is 9.31. The Labute approximate surface area is 202 Å². The van der Waals surface area contributed by atoms with E-state index < -0.39 is 70.8 Å². The number of epoxide rings is 1. The SMILES string of the molecule is C=C1C(=O)O[C@H]2[C@H]1C(OC(=O)C(C)(O)C(C)Cl)[C@@H](OC(C)=O)/C(C(=O)OC)=C\CC[C@@]1(C)O[C@@H]21. The van der Waals surface area contributed by atoms with Gasteiger partial charge < -0.3 is 28.8 Å². The monoisotopic (exact) mass is 500 g/mol. The van der Waals surface area contributed by atoms with Crippen molar-refractivity contribution in [2.24, 2.45) is 5.92 Å². The molecule has 0 amide bonds. The van der Waals surface area contributed by atoms with Gasteiger partial charge in [-0.3, -0.25) is 4.79 Å². The van der Waals surface area contributed by atoms with Crippen molar-refractivity contribution in [3.05, 3.63) is 23.8 Å². The van der Waals surface area contributed by atoms with E-state index in [0.29, 0.717) is 12.8 Å². The minimum atomic E-state index is -2.14. The summed E-state index contributed by atoms with van der Waals surface area (Å²) >= 11 is 5.98. The molecule has 1 aliphatic carbocycles. The van der Waals surface area contributed by atoms with Crippen LogP contribution in [-0.2, 0) is 42.9 Å². The first-order valence-corrected chi connectivity index (χ1v) is 11.3. The van der Waals surface area contributed by atoms with Crippen LogP contribution < -0.4 is 0 Å². The quantitative estimate of drug-likeness (QED) is 0.193. The van der Waals surface area contributed by atoms with Crippen LogP contribution in [0.1, 0.15) is 40.5 Å². The molecule has 8 atom stereocenters. The molecule has 2 heterocycles. The van der Waals surface area contributed by atoms with Crippen molar-refractivity contribution >= 4 is 35.5 Å². The van der Waals surface area contributed by atoms with E-state index in [1.807, 2.05) is 6.92 Å². The Morgan fingerprint density at radius 2 is 2.00 bits per heavy atom. The number of fused-ring (bicyclic) bond motifs is 3. The van der Waals surface area contributed by atoms with E-state index in [2.05, 4.69) is 6.58 Å². The maximum Gasteiger partial charge on any atom is 0.339 e. The molecule has 0 saturated carbocycles. The van der Waals surface area contributed by atoms with Gasteiger partial charge in [-0.2, -0.15) is 0 Å². The van der Waals surface area contributed by atoms with Gasteiger partial charge >= 0.3 is 23.9 Å². The predicted octanol–water partition coefficient (Wildman–Crippen LogP) is 1.36. The maximum absolute atomic E-state index is 13.0. The van der Waals surface area contributed by atoms with Crippen LogP contribution in [0.15, 0.2) is 23.8 Å². The van der Waals surface area contributed by atoms with Crippen LogP contribution in [0, 0.1) is 5.92 Å². The van der Waals surface area contributed by atoms with E-state index in [4.69, 9.17) is 35.3 Å². The maximum atomic E-state index is 13.0. The highest BCUT2D eigenvalue weighted by Crippen LogP contribution is 2.50. The third-order valence-electron chi connectivity index (χ3n) is 6.61. The summed E-state index contributed by atoms with van der Waals surface area (Å²) in [5, 5.41) is 9.54. The molecule has 0 aromatic heterocycles. The van der Waals surface area contributed by atoms with Crippen LogP contribution in [0.3, 0.4) is 0 Å². The zero-order valence-electron chi connectivity index (χ0n) is 19.7. The molecular weight excluding hydrogens is 472 g/mol. The van der Waals surface area contributed by atoms with Crippen LogP contribution >= 0.6 is 11.6 Å². The topological polar surface area (TPSA) is 138 Å². The van der Waals surface area contributed by atoms with Gasteiger partial charge in [0.1, 0.15) is 12.2 Å². The first kappa shape index (κ1) is 26.2. The molecule has 1 N–H and O–H groups in total. The minimum absolute atomic E-state index is 0.0545. The van der Waals surface area contributed by atoms with Crippen LogP contribution in [0.5, 0.6) is 0 Å². The number of alkyl halides is 1. The lowest BCUT2D eigenvalue weighted by atomic mass is 9.80. The zero-order chi connectivity index (χ0) is 25.6. The molecule has 10 nitrogen and oxygen atoms in total. The van der Waals surface area contributed by atoms with Gasteiger partial charge in [-0.05, 0) is 33.6 Å². The average Bonchev–Trinajstić information content (AvgIpc) is 3.34. The molecule has 3 rings (SSSR count). The lowest BCUT2D eigenvalue weighted by molar-refractivity contribution is -0.184. The van der Waals surface area contributed by atoms with Crippen molar-refractivity contribution in [3.63, 3.8) is 0 Å². The van der Waals surface area contributed by atoms with Gasteiger partial charge in [0.2, 0.25) is 0 Å². The number of carbonyl (C=O) groups excluding carboxylic acids is 4. The van der Waals surface area contributed by atoms with E-state index >= 15 is 0 Å². The summed E-state index contributed by atoms with van der Waals surface area (Å²) in [7, 11) is 1.15. The largest absolute Gasteiger partial charge is 0.466 e. The van der Waals surface area contributed by atoms with Crippen molar-refractivity contribution in [1.82, 2.24) is 0 Å². The number of carbonyl (C=O) groups is 4. The van der Waals surface area contributed by atoms with Gasteiger partial charge in [0.05, 0.1) is 29.6 Å². The Kier molecular flexibility index (Phi) is 7.17. The first-order chi connectivity index (χ1) is 15.7. The molecule has 2 saturated heterocycles. The predicted molar refractivity (Wildman–Crippen MR) is 116 cm³/mol. The number of halogens is 1. The highest BCUT2D eigenvalue weighted by Gasteiger charge is 2.65. The zero-order valence-corrected chi connectivity index (χ0v) is 20.4. The fraction of sp³-hybridized carbons (Fsp3) is 0.652. The normalized spacial score (nSPS) is 36.9. The molecule has 0 bridgehead atoms. The minimum Gasteiger partial charge on any atom is -0.466 e. The fourth-order valence-electron chi connectivity index (χ4n) is 4.28. The molecular formula is C23H29ClO10. The Morgan fingerprint density at radius 1 is 1.35 bits per heavy atom. The number of allylic oxidation sites excluding steroid dienone is 1. The van der Waals surface area contributed by atoms with Gasteiger partial charge in [0.15, 0.2) is 17.8 Å². The van der Waals surface area contributed by atoms with Crippen LogP contribution in [-0.4, -0.2) is 77.1 Å². The number of hydrogen-bond donors (Lipinski definition) is 1. The summed E-state index contributed by atoms with van der Waals surface area (Å²) in [6.45, 7) is 9.30. The van der Waals surface area contributed by atoms with Crippen LogP contribution in [0.2, 0.25) is 0 Å². The summed E-state index contributed by atoms with van der Waals surface area (Å²) in [5.41, 5.74) is -2.95. The van der Waals surface area contributed by atoms with Gasteiger partial charge in [-0.25, -0.2) is 14.4 Å². The highest BCUT2D eigenvalue weighted by atomic mass is 35.5. The second-order valence-electron chi connectivity index (χ2n) is 9.13. The fourth-order valence-corrected chi connectivity index (χ4v) is 4.37. The number of esters is 4. The molecule has 2 fully saturated rings. The second-order valence-corrected chi connectivity index (χ2v) is 9.78. The number of aliphatic hydroxyl groups is 1. The molecule has 188 valence electrons. The molecule has 2 aliphatic heterocycles. The van der Waals surface area contributed by atoms with Gasteiger partial charge in [-0.1, -0.05) is 12.7 Å². The van der Waals surface area contributed by atoms with Crippen molar-refractivity contribution in [2.45, 2.75) is 81.5 Å². The lowest BCUT2D eigenvalue weighted by Crippen LogP contribution is -2.52. The summed E-state index contributed by atoms with van der Waals surface area (Å²) in [6.07, 6.45) is -2.12. The molecule has 0 aromatic rings. The first-order valence-electron chi connectivity index (χ1n) is 10.8. The average molecular weight is 501 g/mol. The summed E-state index contributed by atoms with van der Waals surface area (Å²) in [6, 6.07) is 0. The molecule has 3 aliphatic rings. The van der Waals surface area contributed by atoms with E-state index in [9.17, 15) is 24.3 Å². The number of methoxy groups -OCH3 is 1. The molecule has 0 spiro atoms. The molecule has 3 unspecified atom stereocenters. The molecule has 0 radical (unpaired) electrons. The van der Waals surface area contributed by atoms with Crippen molar-refractivity contribution < 1.29 is 48.0 Å². The summed E-state index contributed by atoms with van der Waals surface area (Å²) in [4.78, 5) is 50.3. The van der Waals surface area contributed by atoms with Gasteiger partial charge in [0, 0.05) is 12.5 Å². The highest BCUT2D eigenvalue weighted by molar-refractivity contribution is 6.22. The third kappa shape index (κ3) is 4.71. The van der Waals surface area contributed by atoms with E-state index in [-0.39, 0.29) is 11.1 Å². The molecule has 0 aromatic carbocycles. The van der Waals surface area contributed by atoms with Crippen molar-refractivity contribution in [3.8, 4) is 0 Å². The Hall–Kier alpha value is -2.43. The standard InChI is InChI=1S/C23H29ClO10/c1-10-14-16(33-21(28)23(5,29)11(2)24)15(31-12(3)25)13(20(27)30-6)8-7-9-22(4)18(34-22)17(14)32-19(10)26/h8,11,14-18,29H,1,7,9H2,2-6H3/b13-8+/t11?,14-,15+,16?,17+,18+,22-,23?/m1/s1. The van der Waals surface area contributed by atoms with E-state index in [0.717, 1.165) is 21.0 Å². The van der Waals surface area contributed by atoms with Gasteiger partial charge in [0.25, 0.3) is 0 Å². The number of rotatable bonds is 5. The van der Waals surface area contributed by atoms with E-state index in [1.54, 1.807) is 0 Å². The molecule has 34 heavy (non-hydrogen) atoms. The summed E-state index contributed by atoms with van der Waals surface area (Å²) < 4.78 is 27.4. The Bertz CT molecular complexity index is 938. The Balaban J connectivity index is 2.18. The lowest BCUT2D eigenvalue weighted by Gasteiger charge is -2.35. The van der Waals surface area contributed by atoms with Crippen LogP contribution in [0.4, 0.5) is 0 Å². The van der Waals surface area contributed by atoms with E-state index in [1.165, 1.54) is 13.0 Å². The summed E-state index contributed by atoms with van der Waals surface area (Å²) in [5.74, 6) is -4.55. The Morgan fingerprint density at radius 3 is 2.56 bits per heavy atom.